The van der Waals surface area contributed by atoms with Crippen LogP contribution in [0.5, 0.6) is 0 Å². The first kappa shape index (κ1) is 6.78. The Labute approximate surface area is 55.1 Å². The van der Waals surface area contributed by atoms with Crippen LogP contribution >= 0.6 is 0 Å². The van der Waals surface area contributed by atoms with Gasteiger partial charge in [0.2, 0.25) is 0 Å². The molecule has 1 aliphatic rings. The molecule has 1 heterocycles. The molecular weight excluding hydrogens is 116 g/mol. The van der Waals surface area contributed by atoms with Crippen molar-refractivity contribution in [3.63, 3.8) is 0 Å². The summed E-state index contributed by atoms with van der Waals surface area (Å²) in [6.45, 7) is 2.23. The Balaban J connectivity index is 2.11. The van der Waals surface area contributed by atoms with E-state index in [1.807, 2.05) is 6.08 Å². The average Bonchev–Trinajstić information content (AvgIpc) is 2.62. The first-order valence-electron chi connectivity index (χ1n) is 3.31. The third kappa shape index (κ3) is 1.80. The van der Waals surface area contributed by atoms with Crippen molar-refractivity contribution in [1.82, 2.24) is 0 Å². The molecule has 52 valence electrons. The van der Waals surface area contributed by atoms with Crippen LogP contribution in [0.3, 0.4) is 0 Å². The van der Waals surface area contributed by atoms with E-state index in [0.29, 0.717) is 0 Å². The Kier molecular flexibility index (Phi) is 2.25. The standard InChI is InChI=1S/C7H12O2/c1-2-3-4-6-7(5-8)9-6/h3-4,6-8H,2,5H2,1H3/b4-3+/t6-,7-/m0/s1. The van der Waals surface area contributed by atoms with Crippen molar-refractivity contribution in [2.45, 2.75) is 25.6 Å². The quantitative estimate of drug-likeness (QED) is 0.448. The molecule has 0 amide bonds. The first-order chi connectivity index (χ1) is 4.38. The van der Waals surface area contributed by atoms with E-state index >= 15 is 0 Å². The summed E-state index contributed by atoms with van der Waals surface area (Å²) in [6.07, 6.45) is 5.39. The van der Waals surface area contributed by atoms with Gasteiger partial charge in [-0.1, -0.05) is 19.1 Å². The van der Waals surface area contributed by atoms with Gasteiger partial charge in [-0.05, 0) is 6.42 Å². The van der Waals surface area contributed by atoms with Crippen molar-refractivity contribution >= 4 is 0 Å². The maximum absolute atomic E-state index is 8.52. The predicted octanol–water partition coefficient (Wildman–Crippen LogP) is 0.712. The highest BCUT2D eigenvalue weighted by atomic mass is 16.6. The third-order valence-corrected chi connectivity index (χ3v) is 1.36. The Bertz CT molecular complexity index is 109. The van der Waals surface area contributed by atoms with Gasteiger partial charge < -0.3 is 9.84 Å². The SMILES string of the molecule is CC/C=C/[C@@H]1O[C@H]1CO. The fraction of sp³-hybridized carbons (Fsp3) is 0.714. The molecule has 0 spiro atoms. The van der Waals surface area contributed by atoms with Crippen molar-refractivity contribution in [2.75, 3.05) is 6.61 Å². The molecule has 1 saturated heterocycles. The zero-order valence-electron chi connectivity index (χ0n) is 5.58. The monoisotopic (exact) mass is 128 g/mol. The van der Waals surface area contributed by atoms with Gasteiger partial charge >= 0.3 is 0 Å². The molecule has 9 heavy (non-hydrogen) atoms. The zero-order valence-corrected chi connectivity index (χ0v) is 5.58. The molecule has 2 atom stereocenters. The van der Waals surface area contributed by atoms with Gasteiger partial charge in [-0.15, -0.1) is 0 Å². The number of aliphatic hydroxyl groups excluding tert-OH is 1. The molecule has 0 aromatic carbocycles. The zero-order chi connectivity index (χ0) is 6.69. The second-order valence-corrected chi connectivity index (χ2v) is 2.16. The van der Waals surface area contributed by atoms with Crippen LogP contribution in [-0.2, 0) is 4.74 Å². The van der Waals surface area contributed by atoms with E-state index < -0.39 is 0 Å². The van der Waals surface area contributed by atoms with Crippen LogP contribution < -0.4 is 0 Å². The summed E-state index contributed by atoms with van der Waals surface area (Å²) < 4.78 is 5.03. The van der Waals surface area contributed by atoms with Gasteiger partial charge in [0.05, 0.1) is 6.61 Å². The topological polar surface area (TPSA) is 32.8 Å². The molecule has 1 aliphatic heterocycles. The second kappa shape index (κ2) is 2.99. The molecule has 0 bridgehead atoms. The fourth-order valence-corrected chi connectivity index (χ4v) is 0.743. The first-order valence-corrected chi connectivity index (χ1v) is 3.31. The molecule has 0 unspecified atom stereocenters. The molecule has 0 aromatic rings. The minimum atomic E-state index is 0.0906. The van der Waals surface area contributed by atoms with Gasteiger partial charge in [-0.3, -0.25) is 0 Å². The van der Waals surface area contributed by atoms with Crippen LogP contribution in [0.1, 0.15) is 13.3 Å². The van der Waals surface area contributed by atoms with E-state index in [9.17, 15) is 0 Å². The Morgan fingerprint density at radius 3 is 2.89 bits per heavy atom. The van der Waals surface area contributed by atoms with Gasteiger partial charge in [-0.25, -0.2) is 0 Å². The summed E-state index contributed by atoms with van der Waals surface area (Å²) in [4.78, 5) is 0. The lowest BCUT2D eigenvalue weighted by Gasteiger charge is -1.78. The molecular formula is C7H12O2. The van der Waals surface area contributed by atoms with Gasteiger partial charge in [-0.2, -0.15) is 0 Å². The smallest absolute Gasteiger partial charge is 0.111 e. The molecule has 1 rings (SSSR count). The Morgan fingerprint density at radius 1 is 1.67 bits per heavy atom. The van der Waals surface area contributed by atoms with E-state index in [2.05, 4.69) is 13.0 Å². The molecule has 1 fully saturated rings. The predicted molar refractivity (Wildman–Crippen MR) is 35.2 cm³/mol. The number of aliphatic hydroxyl groups is 1. The summed E-state index contributed by atoms with van der Waals surface area (Å²) in [5, 5.41) is 8.52. The summed E-state index contributed by atoms with van der Waals surface area (Å²) in [6, 6.07) is 0. The Hall–Kier alpha value is -0.340. The minimum absolute atomic E-state index is 0.0906. The number of ether oxygens (including phenoxy) is 1. The number of allylic oxidation sites excluding steroid dienone is 1. The molecule has 2 heteroatoms. The Morgan fingerprint density at radius 2 is 2.44 bits per heavy atom. The van der Waals surface area contributed by atoms with Crippen LogP contribution in [0, 0.1) is 0 Å². The van der Waals surface area contributed by atoms with E-state index in [-0.39, 0.29) is 18.8 Å². The van der Waals surface area contributed by atoms with E-state index in [1.54, 1.807) is 0 Å². The molecule has 1 N–H and O–H groups in total. The van der Waals surface area contributed by atoms with Crippen molar-refractivity contribution in [3.05, 3.63) is 12.2 Å². The second-order valence-electron chi connectivity index (χ2n) is 2.16. The molecule has 0 saturated carbocycles. The highest BCUT2D eigenvalue weighted by molar-refractivity contribution is 5.01. The maximum Gasteiger partial charge on any atom is 0.111 e. The lowest BCUT2D eigenvalue weighted by atomic mass is 10.3. The van der Waals surface area contributed by atoms with Gasteiger partial charge in [0.25, 0.3) is 0 Å². The summed E-state index contributed by atoms with van der Waals surface area (Å²) in [7, 11) is 0. The van der Waals surface area contributed by atoms with Gasteiger partial charge in [0.15, 0.2) is 0 Å². The van der Waals surface area contributed by atoms with E-state index in [4.69, 9.17) is 9.84 Å². The van der Waals surface area contributed by atoms with Gasteiger partial charge in [0.1, 0.15) is 12.2 Å². The summed E-state index contributed by atoms with van der Waals surface area (Å²) >= 11 is 0. The van der Waals surface area contributed by atoms with Crippen LogP contribution in [0.4, 0.5) is 0 Å². The van der Waals surface area contributed by atoms with Crippen LogP contribution in [0.25, 0.3) is 0 Å². The van der Waals surface area contributed by atoms with Crippen molar-refractivity contribution in [3.8, 4) is 0 Å². The number of epoxide rings is 1. The normalized spacial score (nSPS) is 33.6. The average molecular weight is 128 g/mol. The minimum Gasteiger partial charge on any atom is -0.394 e. The van der Waals surface area contributed by atoms with Crippen LogP contribution in [0.15, 0.2) is 12.2 Å². The van der Waals surface area contributed by atoms with E-state index in [0.717, 1.165) is 6.42 Å². The third-order valence-electron chi connectivity index (χ3n) is 1.36. The molecule has 0 radical (unpaired) electrons. The highest BCUT2D eigenvalue weighted by Gasteiger charge is 2.35. The van der Waals surface area contributed by atoms with Crippen molar-refractivity contribution in [2.24, 2.45) is 0 Å². The van der Waals surface area contributed by atoms with Crippen LogP contribution in [0.2, 0.25) is 0 Å². The maximum atomic E-state index is 8.52. The molecule has 0 aromatic heterocycles. The fourth-order valence-electron chi connectivity index (χ4n) is 0.743. The summed E-state index contributed by atoms with van der Waals surface area (Å²) in [5.74, 6) is 0. The highest BCUT2D eigenvalue weighted by Crippen LogP contribution is 2.22. The van der Waals surface area contributed by atoms with Crippen molar-refractivity contribution < 1.29 is 9.84 Å². The summed E-state index contributed by atoms with van der Waals surface area (Å²) in [5.41, 5.74) is 0. The number of hydrogen-bond donors (Lipinski definition) is 1. The van der Waals surface area contributed by atoms with Crippen molar-refractivity contribution in [1.29, 1.82) is 0 Å². The number of rotatable bonds is 3. The molecule has 0 aliphatic carbocycles. The number of hydrogen-bond acceptors (Lipinski definition) is 2. The molecule has 2 nitrogen and oxygen atoms in total. The lowest BCUT2D eigenvalue weighted by Crippen LogP contribution is -1.95. The largest absolute Gasteiger partial charge is 0.394 e. The van der Waals surface area contributed by atoms with E-state index in [1.165, 1.54) is 0 Å². The lowest BCUT2D eigenvalue weighted by molar-refractivity contribution is 0.243. The van der Waals surface area contributed by atoms with Crippen LogP contribution in [-0.4, -0.2) is 23.9 Å². The van der Waals surface area contributed by atoms with Gasteiger partial charge in [0, 0.05) is 0 Å².